The molecule has 2 aromatic heterocycles. The number of halogens is 2. The van der Waals surface area contributed by atoms with Crippen LogP contribution in [0.5, 0.6) is 0 Å². The molecule has 0 saturated heterocycles. The minimum Gasteiger partial charge on any atom is -0.345 e. The Morgan fingerprint density at radius 3 is 2.70 bits per heavy atom. The van der Waals surface area contributed by atoms with E-state index in [0.29, 0.717) is 11.6 Å². The van der Waals surface area contributed by atoms with Gasteiger partial charge < -0.3 is 5.32 Å². The highest BCUT2D eigenvalue weighted by Gasteiger charge is 2.35. The first-order chi connectivity index (χ1) is 10.8. The summed E-state index contributed by atoms with van der Waals surface area (Å²) in [5.74, 6) is 0.102. The van der Waals surface area contributed by atoms with Crippen molar-refractivity contribution >= 4 is 11.6 Å². The van der Waals surface area contributed by atoms with Crippen LogP contribution in [0.2, 0.25) is 0 Å². The Balaban J connectivity index is 1.95. The van der Waals surface area contributed by atoms with Crippen LogP contribution in [0.4, 0.5) is 8.78 Å². The second-order valence-corrected chi connectivity index (χ2v) is 6.72. The highest BCUT2D eigenvalue weighted by molar-refractivity contribution is 5.93. The highest BCUT2D eigenvalue weighted by Crippen LogP contribution is 2.36. The minimum atomic E-state index is -2.66. The van der Waals surface area contributed by atoms with Gasteiger partial charge >= 0.3 is 0 Å². The van der Waals surface area contributed by atoms with Crippen molar-refractivity contribution in [1.29, 1.82) is 0 Å². The SMILES string of the molecule is Cc1cc(C(F)F)c2ncc(C(=O)NC(C)(C)C3CCC3)n2n1. The average Bonchev–Trinajstić information content (AvgIpc) is 2.77. The fourth-order valence-electron chi connectivity index (χ4n) is 3.02. The number of fused-ring (bicyclic) bond motifs is 1. The molecule has 0 atom stereocenters. The van der Waals surface area contributed by atoms with Gasteiger partial charge in [-0.3, -0.25) is 4.79 Å². The number of alkyl halides is 2. The summed E-state index contributed by atoms with van der Waals surface area (Å²) in [6.07, 6.45) is 2.00. The lowest BCUT2D eigenvalue weighted by Crippen LogP contribution is -2.51. The molecule has 124 valence electrons. The van der Waals surface area contributed by atoms with E-state index in [1.54, 1.807) is 6.92 Å². The zero-order valence-corrected chi connectivity index (χ0v) is 13.4. The second kappa shape index (κ2) is 5.54. The van der Waals surface area contributed by atoms with Crippen LogP contribution in [0.15, 0.2) is 12.3 Å². The Morgan fingerprint density at radius 2 is 2.13 bits per heavy atom. The molecule has 0 aliphatic heterocycles. The molecule has 1 N–H and O–H groups in total. The number of hydrogen-bond acceptors (Lipinski definition) is 3. The predicted molar refractivity (Wildman–Crippen MR) is 81.6 cm³/mol. The van der Waals surface area contributed by atoms with Crippen LogP contribution < -0.4 is 5.32 Å². The number of hydrogen-bond donors (Lipinski definition) is 1. The Morgan fingerprint density at radius 1 is 1.43 bits per heavy atom. The van der Waals surface area contributed by atoms with E-state index in [2.05, 4.69) is 15.4 Å². The number of imidazole rings is 1. The van der Waals surface area contributed by atoms with E-state index >= 15 is 0 Å². The maximum Gasteiger partial charge on any atom is 0.272 e. The van der Waals surface area contributed by atoms with Gasteiger partial charge in [-0.25, -0.2) is 18.3 Å². The fraction of sp³-hybridized carbons (Fsp3) is 0.562. The summed E-state index contributed by atoms with van der Waals surface area (Å²) in [4.78, 5) is 16.5. The fourth-order valence-corrected chi connectivity index (χ4v) is 3.02. The molecule has 23 heavy (non-hydrogen) atoms. The van der Waals surface area contributed by atoms with Crippen LogP contribution in [0.25, 0.3) is 5.65 Å². The summed E-state index contributed by atoms with van der Waals surface area (Å²) < 4.78 is 27.5. The number of nitrogens with one attached hydrogen (secondary N) is 1. The first-order valence-electron chi connectivity index (χ1n) is 7.75. The average molecular weight is 322 g/mol. The maximum absolute atomic E-state index is 13.1. The van der Waals surface area contributed by atoms with Crippen molar-refractivity contribution in [2.75, 3.05) is 0 Å². The van der Waals surface area contributed by atoms with Crippen molar-refractivity contribution in [2.45, 2.75) is 52.0 Å². The maximum atomic E-state index is 13.1. The third-order valence-corrected chi connectivity index (χ3v) is 4.65. The molecule has 1 amide bonds. The molecule has 7 heteroatoms. The number of aromatic nitrogens is 3. The monoisotopic (exact) mass is 322 g/mol. The Bertz CT molecular complexity index is 750. The quantitative estimate of drug-likeness (QED) is 0.940. The van der Waals surface area contributed by atoms with Gasteiger partial charge in [-0.15, -0.1) is 0 Å². The van der Waals surface area contributed by atoms with E-state index < -0.39 is 6.43 Å². The molecule has 5 nitrogen and oxygen atoms in total. The van der Waals surface area contributed by atoms with Gasteiger partial charge in [0.1, 0.15) is 0 Å². The number of rotatable bonds is 4. The molecule has 0 aromatic carbocycles. The number of carbonyl (C=O) groups is 1. The molecular weight excluding hydrogens is 302 g/mol. The van der Waals surface area contributed by atoms with Gasteiger partial charge in [0.05, 0.1) is 17.5 Å². The topological polar surface area (TPSA) is 59.3 Å². The molecule has 0 spiro atoms. The lowest BCUT2D eigenvalue weighted by Gasteiger charge is -2.40. The zero-order valence-electron chi connectivity index (χ0n) is 13.4. The summed E-state index contributed by atoms with van der Waals surface area (Å²) in [5, 5.41) is 7.16. The van der Waals surface area contributed by atoms with E-state index in [1.165, 1.54) is 23.2 Å². The summed E-state index contributed by atoms with van der Waals surface area (Å²) in [6, 6.07) is 1.30. The largest absolute Gasteiger partial charge is 0.345 e. The van der Waals surface area contributed by atoms with Gasteiger partial charge in [-0.1, -0.05) is 6.42 Å². The van der Waals surface area contributed by atoms with Gasteiger partial charge in [-0.05, 0) is 45.6 Å². The standard InChI is InChI=1S/C16H20F2N4O/c1-9-7-11(13(17)18)14-19-8-12(22(14)21-9)15(23)20-16(2,3)10-5-4-6-10/h7-8,10,13H,4-6H2,1-3H3,(H,20,23). The van der Waals surface area contributed by atoms with Crippen LogP contribution in [0, 0.1) is 12.8 Å². The smallest absolute Gasteiger partial charge is 0.272 e. The van der Waals surface area contributed by atoms with Crippen molar-refractivity contribution in [3.63, 3.8) is 0 Å². The summed E-state index contributed by atoms with van der Waals surface area (Å²) in [7, 11) is 0. The van der Waals surface area contributed by atoms with Crippen LogP contribution in [0.3, 0.4) is 0 Å². The Kier molecular flexibility index (Phi) is 3.82. The minimum absolute atomic E-state index is 0.0252. The van der Waals surface area contributed by atoms with Crippen LogP contribution >= 0.6 is 0 Å². The van der Waals surface area contributed by atoms with Gasteiger partial charge in [-0.2, -0.15) is 5.10 Å². The van der Waals surface area contributed by atoms with Crippen molar-refractivity contribution in [3.05, 3.63) is 29.2 Å². The molecule has 0 bridgehead atoms. The normalized spacial score (nSPS) is 15.9. The first kappa shape index (κ1) is 15.8. The molecule has 1 aliphatic carbocycles. The van der Waals surface area contributed by atoms with Crippen LogP contribution in [-0.4, -0.2) is 26.0 Å². The van der Waals surface area contributed by atoms with Gasteiger partial charge in [0.25, 0.3) is 12.3 Å². The molecule has 1 saturated carbocycles. The van der Waals surface area contributed by atoms with Gasteiger partial charge in [0.15, 0.2) is 11.3 Å². The van der Waals surface area contributed by atoms with Gasteiger partial charge in [0, 0.05) is 5.54 Å². The van der Waals surface area contributed by atoms with E-state index in [9.17, 15) is 13.6 Å². The van der Waals surface area contributed by atoms with E-state index in [4.69, 9.17) is 0 Å². The van der Waals surface area contributed by atoms with Crippen LogP contribution in [-0.2, 0) is 0 Å². The van der Waals surface area contributed by atoms with Gasteiger partial charge in [0.2, 0.25) is 0 Å². The number of nitrogens with zero attached hydrogens (tertiary/aromatic N) is 3. The molecule has 2 aromatic rings. The molecule has 2 heterocycles. The Labute approximate surface area is 133 Å². The molecule has 1 fully saturated rings. The number of amides is 1. The lowest BCUT2D eigenvalue weighted by molar-refractivity contribution is 0.0819. The molecule has 0 radical (unpaired) electrons. The number of carbonyl (C=O) groups excluding carboxylic acids is 1. The third kappa shape index (κ3) is 2.80. The summed E-state index contributed by atoms with van der Waals surface area (Å²) >= 11 is 0. The van der Waals surface area contributed by atoms with Crippen molar-refractivity contribution in [3.8, 4) is 0 Å². The summed E-state index contributed by atoms with van der Waals surface area (Å²) in [6.45, 7) is 5.59. The van der Waals surface area contributed by atoms with E-state index in [-0.39, 0.29) is 28.4 Å². The Hall–Kier alpha value is -2.05. The molecular formula is C16H20F2N4O. The van der Waals surface area contributed by atoms with Crippen molar-refractivity contribution < 1.29 is 13.6 Å². The highest BCUT2D eigenvalue weighted by atomic mass is 19.3. The first-order valence-corrected chi connectivity index (χ1v) is 7.75. The van der Waals surface area contributed by atoms with E-state index in [1.807, 2.05) is 13.8 Å². The number of aryl methyl sites for hydroxylation is 1. The lowest BCUT2D eigenvalue weighted by atomic mass is 9.72. The van der Waals surface area contributed by atoms with Crippen LogP contribution in [0.1, 0.15) is 61.3 Å². The van der Waals surface area contributed by atoms with Crippen molar-refractivity contribution in [2.24, 2.45) is 5.92 Å². The molecule has 1 aliphatic rings. The predicted octanol–water partition coefficient (Wildman–Crippen LogP) is 3.28. The molecule has 3 rings (SSSR count). The zero-order chi connectivity index (χ0) is 16.8. The molecule has 0 unspecified atom stereocenters. The second-order valence-electron chi connectivity index (χ2n) is 6.72. The van der Waals surface area contributed by atoms with Crippen molar-refractivity contribution in [1.82, 2.24) is 19.9 Å². The van der Waals surface area contributed by atoms with E-state index in [0.717, 1.165) is 12.8 Å². The third-order valence-electron chi connectivity index (χ3n) is 4.65. The summed E-state index contributed by atoms with van der Waals surface area (Å²) in [5.41, 5.74) is 0.0672.